The Morgan fingerprint density at radius 1 is 1.19 bits per heavy atom. The summed E-state index contributed by atoms with van der Waals surface area (Å²) < 4.78 is 23.1. The van der Waals surface area contributed by atoms with Crippen LogP contribution in [0.15, 0.2) is 24.3 Å². The van der Waals surface area contributed by atoms with Crippen molar-refractivity contribution in [2.45, 2.75) is 24.9 Å². The highest BCUT2D eigenvalue weighted by Gasteiger charge is 2.53. The summed E-state index contributed by atoms with van der Waals surface area (Å²) in [4.78, 5) is 37.7. The van der Waals surface area contributed by atoms with Crippen LogP contribution >= 0.6 is 11.6 Å². The van der Waals surface area contributed by atoms with Crippen molar-refractivity contribution in [2.24, 2.45) is 0 Å². The number of sulfone groups is 1. The van der Waals surface area contributed by atoms with Crippen molar-refractivity contribution in [3.05, 3.63) is 34.9 Å². The van der Waals surface area contributed by atoms with E-state index in [0.29, 0.717) is 5.02 Å². The number of carbonyl (C=O) groups is 3. The SMILES string of the molecule is O=C(CN1C(=O)NC2(CCS(=O)(=O)CC2)C1=O)NCc1ccc(Cl)cc1. The molecular weight excluding hydrogens is 382 g/mol. The van der Waals surface area contributed by atoms with E-state index in [1.807, 2.05) is 0 Å². The number of carbonyl (C=O) groups excluding carboxylic acids is 3. The molecule has 2 aliphatic heterocycles. The number of imide groups is 1. The summed E-state index contributed by atoms with van der Waals surface area (Å²) in [5.41, 5.74) is -0.382. The standard InChI is InChI=1S/C16H18ClN3O5S/c17-12-3-1-11(2-4-12)9-18-13(21)10-20-14(22)16(19-15(20)23)5-7-26(24,25)8-6-16/h1-4H,5-10H2,(H,18,21)(H,19,23). The van der Waals surface area contributed by atoms with E-state index in [0.717, 1.165) is 10.5 Å². The Balaban J connectivity index is 1.59. The van der Waals surface area contributed by atoms with Crippen LogP contribution in [-0.2, 0) is 26.0 Å². The fourth-order valence-corrected chi connectivity index (χ4v) is 4.70. The molecule has 0 bridgehead atoms. The number of urea groups is 1. The Morgan fingerprint density at radius 2 is 1.81 bits per heavy atom. The average Bonchev–Trinajstić information content (AvgIpc) is 2.82. The van der Waals surface area contributed by atoms with E-state index in [1.54, 1.807) is 24.3 Å². The lowest BCUT2D eigenvalue weighted by molar-refractivity contribution is -0.135. The minimum atomic E-state index is -3.18. The first kappa shape index (κ1) is 18.7. The zero-order chi connectivity index (χ0) is 18.9. The Kier molecular flexibility index (Phi) is 4.94. The van der Waals surface area contributed by atoms with Crippen LogP contribution < -0.4 is 10.6 Å². The summed E-state index contributed by atoms with van der Waals surface area (Å²) in [5.74, 6) is -1.34. The van der Waals surface area contributed by atoms with Crippen LogP contribution in [-0.4, -0.2) is 54.8 Å². The maximum Gasteiger partial charge on any atom is 0.325 e. The van der Waals surface area contributed by atoms with Gasteiger partial charge in [0, 0.05) is 11.6 Å². The normalized spacial score (nSPS) is 20.9. The van der Waals surface area contributed by atoms with Gasteiger partial charge in [-0.15, -0.1) is 0 Å². The van der Waals surface area contributed by atoms with Crippen molar-refractivity contribution in [2.75, 3.05) is 18.1 Å². The van der Waals surface area contributed by atoms with Crippen molar-refractivity contribution >= 4 is 39.3 Å². The molecule has 0 unspecified atom stereocenters. The molecule has 0 radical (unpaired) electrons. The van der Waals surface area contributed by atoms with Gasteiger partial charge in [0.15, 0.2) is 9.84 Å². The van der Waals surface area contributed by atoms with Gasteiger partial charge >= 0.3 is 6.03 Å². The molecule has 0 aliphatic carbocycles. The van der Waals surface area contributed by atoms with Gasteiger partial charge in [0.25, 0.3) is 5.91 Å². The Morgan fingerprint density at radius 3 is 2.42 bits per heavy atom. The highest BCUT2D eigenvalue weighted by atomic mass is 35.5. The summed E-state index contributed by atoms with van der Waals surface area (Å²) in [5, 5.41) is 5.79. The maximum absolute atomic E-state index is 12.6. The molecule has 1 spiro atoms. The third-order valence-corrected chi connectivity index (χ3v) is 6.53. The third kappa shape index (κ3) is 3.83. The van der Waals surface area contributed by atoms with Crippen LogP contribution in [0.4, 0.5) is 4.79 Å². The molecule has 2 aliphatic rings. The second-order valence-corrected chi connectivity index (χ2v) is 9.20. The minimum absolute atomic E-state index is 0.0306. The number of halogens is 1. The Labute approximate surface area is 155 Å². The third-order valence-electron chi connectivity index (χ3n) is 4.63. The van der Waals surface area contributed by atoms with Crippen molar-refractivity contribution in [1.29, 1.82) is 0 Å². The van der Waals surface area contributed by atoms with E-state index >= 15 is 0 Å². The van der Waals surface area contributed by atoms with Crippen LogP contribution in [0.3, 0.4) is 0 Å². The van der Waals surface area contributed by atoms with Gasteiger partial charge < -0.3 is 10.6 Å². The number of rotatable bonds is 4. The molecule has 0 aromatic heterocycles. The van der Waals surface area contributed by atoms with Gasteiger partial charge in [-0.2, -0.15) is 0 Å². The molecule has 2 N–H and O–H groups in total. The van der Waals surface area contributed by atoms with Gasteiger partial charge in [0.1, 0.15) is 12.1 Å². The van der Waals surface area contributed by atoms with E-state index in [2.05, 4.69) is 10.6 Å². The van der Waals surface area contributed by atoms with Crippen LogP contribution in [0.2, 0.25) is 5.02 Å². The van der Waals surface area contributed by atoms with Gasteiger partial charge in [0.2, 0.25) is 5.91 Å². The summed E-state index contributed by atoms with van der Waals surface area (Å²) >= 11 is 5.79. The summed E-state index contributed by atoms with van der Waals surface area (Å²) in [6.07, 6.45) is 0.0611. The number of nitrogens with one attached hydrogen (secondary N) is 2. The number of benzene rings is 1. The summed E-state index contributed by atoms with van der Waals surface area (Å²) in [7, 11) is -3.18. The molecule has 3 rings (SSSR count). The zero-order valence-electron chi connectivity index (χ0n) is 13.8. The fourth-order valence-electron chi connectivity index (χ4n) is 3.05. The monoisotopic (exact) mass is 399 g/mol. The van der Waals surface area contributed by atoms with Gasteiger partial charge in [-0.3, -0.25) is 14.5 Å². The molecule has 1 aromatic rings. The largest absolute Gasteiger partial charge is 0.350 e. The predicted molar refractivity (Wildman–Crippen MR) is 94.2 cm³/mol. The van der Waals surface area contributed by atoms with Crippen molar-refractivity contribution in [3.8, 4) is 0 Å². The van der Waals surface area contributed by atoms with E-state index in [-0.39, 0.29) is 30.9 Å². The van der Waals surface area contributed by atoms with Crippen molar-refractivity contribution in [1.82, 2.24) is 15.5 Å². The lowest BCUT2D eigenvalue weighted by atomic mass is 9.92. The molecule has 10 heteroatoms. The Hall–Kier alpha value is -2.13. The number of amides is 4. The first-order chi connectivity index (χ1) is 12.2. The molecule has 2 saturated heterocycles. The molecule has 8 nitrogen and oxygen atoms in total. The predicted octanol–water partition coefficient (Wildman–Crippen LogP) is 0.455. The number of hydrogen-bond donors (Lipinski definition) is 2. The fraction of sp³-hybridized carbons (Fsp3) is 0.438. The molecule has 0 atom stereocenters. The Bertz CT molecular complexity index is 839. The number of nitrogens with zero attached hydrogens (tertiary/aromatic N) is 1. The van der Waals surface area contributed by atoms with Gasteiger partial charge in [-0.1, -0.05) is 23.7 Å². The highest BCUT2D eigenvalue weighted by molar-refractivity contribution is 7.91. The van der Waals surface area contributed by atoms with Crippen LogP contribution in [0.1, 0.15) is 18.4 Å². The molecule has 1 aromatic carbocycles. The second kappa shape index (κ2) is 6.88. The highest BCUT2D eigenvalue weighted by Crippen LogP contribution is 2.30. The van der Waals surface area contributed by atoms with Crippen LogP contribution in [0.25, 0.3) is 0 Å². The summed E-state index contributed by atoms with van der Waals surface area (Å²) in [6, 6.07) is 6.24. The zero-order valence-corrected chi connectivity index (χ0v) is 15.4. The first-order valence-corrected chi connectivity index (χ1v) is 10.3. The molecule has 4 amide bonds. The van der Waals surface area contributed by atoms with Crippen molar-refractivity contribution in [3.63, 3.8) is 0 Å². The molecular formula is C16H18ClN3O5S. The molecule has 2 heterocycles. The lowest BCUT2D eigenvalue weighted by Gasteiger charge is -2.30. The molecule has 0 saturated carbocycles. The number of hydrogen-bond acceptors (Lipinski definition) is 5. The quantitative estimate of drug-likeness (QED) is 0.714. The van der Waals surface area contributed by atoms with Gasteiger partial charge in [0.05, 0.1) is 11.5 Å². The van der Waals surface area contributed by atoms with E-state index in [4.69, 9.17) is 11.6 Å². The van der Waals surface area contributed by atoms with Gasteiger partial charge in [-0.25, -0.2) is 13.2 Å². The lowest BCUT2D eigenvalue weighted by Crippen LogP contribution is -2.52. The van der Waals surface area contributed by atoms with Crippen LogP contribution in [0.5, 0.6) is 0 Å². The molecule has 140 valence electrons. The van der Waals surface area contributed by atoms with E-state index < -0.39 is 39.8 Å². The topological polar surface area (TPSA) is 113 Å². The van der Waals surface area contributed by atoms with Crippen molar-refractivity contribution < 1.29 is 22.8 Å². The van der Waals surface area contributed by atoms with Gasteiger partial charge in [-0.05, 0) is 30.5 Å². The smallest absolute Gasteiger partial charge is 0.325 e. The average molecular weight is 400 g/mol. The van der Waals surface area contributed by atoms with E-state index in [1.165, 1.54) is 0 Å². The second-order valence-electron chi connectivity index (χ2n) is 6.46. The molecule has 26 heavy (non-hydrogen) atoms. The summed E-state index contributed by atoms with van der Waals surface area (Å²) in [6.45, 7) is -0.171. The van der Waals surface area contributed by atoms with E-state index in [9.17, 15) is 22.8 Å². The maximum atomic E-state index is 12.6. The van der Waals surface area contributed by atoms with Crippen LogP contribution in [0, 0.1) is 0 Å². The first-order valence-electron chi connectivity index (χ1n) is 8.06. The molecule has 2 fully saturated rings. The minimum Gasteiger partial charge on any atom is -0.350 e.